The lowest BCUT2D eigenvalue weighted by molar-refractivity contribution is -0.387. The summed E-state index contributed by atoms with van der Waals surface area (Å²) in [6.45, 7) is 0.986. The van der Waals surface area contributed by atoms with Crippen molar-refractivity contribution in [3.8, 4) is 0 Å². The fourth-order valence-corrected chi connectivity index (χ4v) is 2.37. The van der Waals surface area contributed by atoms with Gasteiger partial charge in [-0.1, -0.05) is 0 Å². The molecule has 108 valence electrons. The third-order valence-electron chi connectivity index (χ3n) is 3.46. The number of carbonyl (C=O) groups is 1. The van der Waals surface area contributed by atoms with Crippen molar-refractivity contribution in [3.05, 3.63) is 39.7 Å². The second-order valence-corrected chi connectivity index (χ2v) is 4.87. The van der Waals surface area contributed by atoms with Crippen LogP contribution in [0.15, 0.2) is 18.2 Å². The zero-order valence-electron chi connectivity index (χ0n) is 10.8. The van der Waals surface area contributed by atoms with Crippen LogP contribution in [0.2, 0.25) is 0 Å². The van der Waals surface area contributed by atoms with Crippen molar-refractivity contribution in [2.75, 3.05) is 19.7 Å². The van der Waals surface area contributed by atoms with Crippen LogP contribution in [-0.4, -0.2) is 40.5 Å². The minimum atomic E-state index is -1.02. The molecule has 1 amide bonds. The minimum absolute atomic E-state index is 0.0123. The molecule has 0 spiro atoms. The van der Waals surface area contributed by atoms with Crippen molar-refractivity contribution in [2.24, 2.45) is 5.92 Å². The summed E-state index contributed by atoms with van der Waals surface area (Å²) in [5.41, 5.74) is -0.555. The molecule has 1 aliphatic rings. The number of benzene rings is 1. The molecule has 7 heteroatoms. The monoisotopic (exact) mass is 282 g/mol. The largest absolute Gasteiger partial charge is 0.396 e. The Morgan fingerprint density at radius 2 is 2.30 bits per heavy atom. The van der Waals surface area contributed by atoms with Gasteiger partial charge >= 0.3 is 5.69 Å². The van der Waals surface area contributed by atoms with E-state index in [-0.39, 0.29) is 24.0 Å². The number of nitro benzene ring substituents is 1. The first-order valence-corrected chi connectivity index (χ1v) is 6.37. The molecule has 1 fully saturated rings. The van der Waals surface area contributed by atoms with Crippen molar-refractivity contribution in [1.29, 1.82) is 0 Å². The van der Waals surface area contributed by atoms with Gasteiger partial charge in [0.2, 0.25) is 5.82 Å². The Balaban J connectivity index is 2.17. The number of amides is 1. The Kier molecular flexibility index (Phi) is 4.29. The van der Waals surface area contributed by atoms with Crippen molar-refractivity contribution in [1.82, 2.24) is 4.90 Å². The van der Waals surface area contributed by atoms with Gasteiger partial charge in [0.1, 0.15) is 0 Å². The molecule has 6 nitrogen and oxygen atoms in total. The number of piperidine rings is 1. The topological polar surface area (TPSA) is 83.7 Å². The molecule has 0 bridgehead atoms. The average molecular weight is 282 g/mol. The third kappa shape index (κ3) is 2.93. The zero-order chi connectivity index (χ0) is 14.7. The molecule has 1 atom stereocenters. The normalized spacial score (nSPS) is 18.9. The number of aliphatic hydroxyl groups excluding tert-OH is 1. The fourth-order valence-electron chi connectivity index (χ4n) is 2.37. The predicted molar refractivity (Wildman–Crippen MR) is 68.8 cm³/mol. The molecule has 0 aromatic heterocycles. The van der Waals surface area contributed by atoms with Gasteiger partial charge in [-0.25, -0.2) is 0 Å². The van der Waals surface area contributed by atoms with Gasteiger partial charge in [0.25, 0.3) is 5.91 Å². The van der Waals surface area contributed by atoms with E-state index in [0.717, 1.165) is 25.0 Å². The molecule has 1 saturated heterocycles. The van der Waals surface area contributed by atoms with E-state index in [1.807, 2.05) is 0 Å². The van der Waals surface area contributed by atoms with E-state index in [2.05, 4.69) is 0 Å². The van der Waals surface area contributed by atoms with E-state index < -0.39 is 16.4 Å². The lowest BCUT2D eigenvalue weighted by Crippen LogP contribution is -2.40. The highest BCUT2D eigenvalue weighted by Crippen LogP contribution is 2.21. The third-order valence-corrected chi connectivity index (χ3v) is 3.46. The van der Waals surface area contributed by atoms with Crippen molar-refractivity contribution >= 4 is 11.6 Å². The average Bonchev–Trinajstić information content (AvgIpc) is 2.46. The predicted octanol–water partition coefficient (Wildman–Crippen LogP) is 1.58. The summed E-state index contributed by atoms with van der Waals surface area (Å²) >= 11 is 0. The Morgan fingerprint density at radius 3 is 2.90 bits per heavy atom. The second-order valence-electron chi connectivity index (χ2n) is 4.87. The number of rotatable bonds is 3. The molecule has 0 radical (unpaired) electrons. The van der Waals surface area contributed by atoms with Crippen LogP contribution in [0.1, 0.15) is 23.2 Å². The summed E-state index contributed by atoms with van der Waals surface area (Å²) in [6.07, 6.45) is 1.64. The number of aliphatic hydroxyl groups is 1. The Hall–Kier alpha value is -2.02. The molecular weight excluding hydrogens is 267 g/mol. The van der Waals surface area contributed by atoms with Crippen LogP contribution in [0.5, 0.6) is 0 Å². The van der Waals surface area contributed by atoms with Crippen LogP contribution in [-0.2, 0) is 0 Å². The first-order chi connectivity index (χ1) is 9.52. The maximum absolute atomic E-state index is 13.5. The quantitative estimate of drug-likeness (QED) is 0.674. The standard InChI is InChI=1S/C13H15FN2O4/c14-11-6-10(3-4-12(11)16(19)20)13(18)15-5-1-2-9(7-15)8-17/h3-4,6,9,17H,1-2,5,7-8H2. The number of hydrogen-bond donors (Lipinski definition) is 1. The van der Waals surface area contributed by atoms with Gasteiger partial charge in [-0.2, -0.15) is 4.39 Å². The number of halogens is 1. The molecule has 1 N–H and O–H groups in total. The van der Waals surface area contributed by atoms with Gasteiger partial charge in [-0.3, -0.25) is 14.9 Å². The molecule has 1 aromatic carbocycles. The molecule has 20 heavy (non-hydrogen) atoms. The summed E-state index contributed by atoms with van der Waals surface area (Å²) in [6, 6.07) is 3.14. The zero-order valence-corrected chi connectivity index (χ0v) is 10.8. The molecule has 1 aromatic rings. The van der Waals surface area contributed by atoms with Crippen LogP contribution in [0, 0.1) is 21.8 Å². The number of nitro groups is 1. The fraction of sp³-hybridized carbons (Fsp3) is 0.462. The van der Waals surface area contributed by atoms with E-state index >= 15 is 0 Å². The second kappa shape index (κ2) is 5.96. The highest BCUT2D eigenvalue weighted by Gasteiger charge is 2.25. The van der Waals surface area contributed by atoms with Crippen LogP contribution < -0.4 is 0 Å². The lowest BCUT2D eigenvalue weighted by Gasteiger charge is -2.31. The number of hydrogen-bond acceptors (Lipinski definition) is 4. The molecule has 1 aliphatic heterocycles. The maximum Gasteiger partial charge on any atom is 0.304 e. The van der Waals surface area contributed by atoms with Crippen LogP contribution >= 0.6 is 0 Å². The van der Waals surface area contributed by atoms with Gasteiger partial charge < -0.3 is 10.0 Å². The molecule has 0 saturated carbocycles. The highest BCUT2D eigenvalue weighted by molar-refractivity contribution is 5.94. The van der Waals surface area contributed by atoms with E-state index in [1.54, 1.807) is 4.90 Å². The maximum atomic E-state index is 13.5. The smallest absolute Gasteiger partial charge is 0.304 e. The van der Waals surface area contributed by atoms with E-state index in [4.69, 9.17) is 5.11 Å². The molecular formula is C13H15FN2O4. The van der Waals surface area contributed by atoms with E-state index in [9.17, 15) is 19.3 Å². The van der Waals surface area contributed by atoms with Crippen molar-refractivity contribution < 1.29 is 19.2 Å². The van der Waals surface area contributed by atoms with E-state index in [1.165, 1.54) is 6.07 Å². The first-order valence-electron chi connectivity index (χ1n) is 6.37. The molecule has 0 aliphatic carbocycles. The summed E-state index contributed by atoms with van der Waals surface area (Å²) in [5.74, 6) is -1.34. The van der Waals surface area contributed by atoms with Crippen LogP contribution in [0.25, 0.3) is 0 Å². The van der Waals surface area contributed by atoms with Gasteiger partial charge in [0.15, 0.2) is 0 Å². The SMILES string of the molecule is O=C(c1ccc([N+](=O)[O-])c(F)c1)N1CCCC(CO)C1. The van der Waals surface area contributed by atoms with Crippen molar-refractivity contribution in [3.63, 3.8) is 0 Å². The molecule has 1 unspecified atom stereocenters. The van der Waals surface area contributed by atoms with Gasteiger partial charge in [-0.05, 0) is 30.9 Å². The molecule has 1 heterocycles. The minimum Gasteiger partial charge on any atom is -0.396 e. The Morgan fingerprint density at radius 1 is 1.55 bits per heavy atom. The van der Waals surface area contributed by atoms with Gasteiger partial charge in [-0.15, -0.1) is 0 Å². The van der Waals surface area contributed by atoms with Crippen molar-refractivity contribution in [2.45, 2.75) is 12.8 Å². The van der Waals surface area contributed by atoms with Crippen LogP contribution in [0.3, 0.4) is 0 Å². The van der Waals surface area contributed by atoms with E-state index in [0.29, 0.717) is 13.1 Å². The Bertz CT molecular complexity index is 535. The van der Waals surface area contributed by atoms with Crippen LogP contribution in [0.4, 0.5) is 10.1 Å². The number of nitrogens with zero attached hydrogens (tertiary/aromatic N) is 2. The highest BCUT2D eigenvalue weighted by atomic mass is 19.1. The van der Waals surface area contributed by atoms with Gasteiger partial charge in [0, 0.05) is 31.3 Å². The Labute approximate surface area is 115 Å². The van der Waals surface area contributed by atoms with Gasteiger partial charge in [0.05, 0.1) is 4.92 Å². The summed E-state index contributed by atoms with van der Waals surface area (Å²) in [4.78, 5) is 23.5. The number of likely N-dealkylation sites (tertiary alicyclic amines) is 1. The summed E-state index contributed by atoms with van der Waals surface area (Å²) in [5, 5.41) is 19.7. The first kappa shape index (κ1) is 14.4. The number of carbonyl (C=O) groups excluding carboxylic acids is 1. The summed E-state index contributed by atoms with van der Waals surface area (Å²) < 4.78 is 13.5. The summed E-state index contributed by atoms with van der Waals surface area (Å²) in [7, 11) is 0. The lowest BCUT2D eigenvalue weighted by atomic mass is 9.98. The molecule has 2 rings (SSSR count).